The van der Waals surface area contributed by atoms with Crippen LogP contribution in [0.5, 0.6) is 0 Å². The van der Waals surface area contributed by atoms with E-state index in [1.165, 1.54) is 72.3 Å². The SMILES string of the molecule is CCc1cccc2c1-c1ccc(Cc3cc(C)cc(C)c3)cc1C21c2ccccc2Cc2ccccc21. The molecule has 0 heteroatoms. The van der Waals surface area contributed by atoms with E-state index in [0.717, 1.165) is 19.3 Å². The van der Waals surface area contributed by atoms with Crippen LogP contribution in [0.15, 0.2) is 103 Å². The van der Waals surface area contributed by atoms with Gasteiger partial charge < -0.3 is 0 Å². The Morgan fingerprint density at radius 3 is 1.92 bits per heavy atom. The predicted molar refractivity (Wildman–Crippen MR) is 155 cm³/mol. The van der Waals surface area contributed by atoms with Gasteiger partial charge in [-0.3, -0.25) is 0 Å². The molecule has 2 aliphatic rings. The molecule has 0 saturated heterocycles. The van der Waals surface area contributed by atoms with Crippen molar-refractivity contribution in [3.8, 4) is 11.1 Å². The Balaban J connectivity index is 1.55. The lowest BCUT2D eigenvalue weighted by Crippen LogP contribution is -2.34. The summed E-state index contributed by atoms with van der Waals surface area (Å²) in [6.07, 6.45) is 2.98. The first-order valence-electron chi connectivity index (χ1n) is 13.6. The van der Waals surface area contributed by atoms with Crippen molar-refractivity contribution in [2.24, 2.45) is 0 Å². The van der Waals surface area contributed by atoms with Gasteiger partial charge in [0.15, 0.2) is 0 Å². The highest BCUT2D eigenvalue weighted by molar-refractivity contribution is 5.89. The van der Waals surface area contributed by atoms with Crippen molar-refractivity contribution in [2.75, 3.05) is 0 Å². The van der Waals surface area contributed by atoms with Crippen LogP contribution in [0.4, 0.5) is 0 Å². The molecule has 0 amide bonds. The maximum Gasteiger partial charge on any atom is 0.0719 e. The van der Waals surface area contributed by atoms with Gasteiger partial charge in [0.2, 0.25) is 0 Å². The zero-order valence-corrected chi connectivity index (χ0v) is 21.9. The van der Waals surface area contributed by atoms with E-state index < -0.39 is 0 Å². The highest BCUT2D eigenvalue weighted by atomic mass is 14.5. The molecule has 180 valence electrons. The molecular formula is C37H32. The van der Waals surface area contributed by atoms with E-state index in [4.69, 9.17) is 0 Å². The van der Waals surface area contributed by atoms with Gasteiger partial charge in [-0.1, -0.05) is 121 Å². The smallest absolute Gasteiger partial charge is 0.0620 e. The molecule has 0 aromatic heterocycles. The Hall–Kier alpha value is -3.90. The van der Waals surface area contributed by atoms with Gasteiger partial charge in [-0.2, -0.15) is 0 Å². The molecule has 0 radical (unpaired) electrons. The van der Waals surface area contributed by atoms with Gasteiger partial charge in [-0.15, -0.1) is 0 Å². The summed E-state index contributed by atoms with van der Waals surface area (Å²) >= 11 is 0. The second-order valence-corrected chi connectivity index (χ2v) is 11.0. The zero-order valence-electron chi connectivity index (χ0n) is 21.9. The van der Waals surface area contributed by atoms with Gasteiger partial charge in [-0.25, -0.2) is 0 Å². The summed E-state index contributed by atoms with van der Waals surface area (Å²) < 4.78 is 0. The summed E-state index contributed by atoms with van der Waals surface area (Å²) in [5, 5.41) is 0. The van der Waals surface area contributed by atoms with E-state index >= 15 is 0 Å². The highest BCUT2D eigenvalue weighted by Crippen LogP contribution is 2.60. The fraction of sp³-hybridized carbons (Fsp3) is 0.189. The summed E-state index contributed by atoms with van der Waals surface area (Å²) in [6.45, 7) is 6.69. The standard InChI is InChI=1S/C37H32/c1-4-28-12-9-15-34-36(28)31-17-16-26(21-27-19-24(2)18-25(3)20-27)22-35(31)37(34)32-13-7-5-10-29(32)23-30-11-6-8-14-33(30)37/h5-20,22H,4,21,23H2,1-3H3. The summed E-state index contributed by atoms with van der Waals surface area (Å²) in [6, 6.07) is 39.6. The Morgan fingerprint density at radius 2 is 1.24 bits per heavy atom. The molecule has 0 atom stereocenters. The number of aryl methyl sites for hydroxylation is 3. The molecule has 5 aromatic rings. The van der Waals surface area contributed by atoms with Crippen LogP contribution < -0.4 is 0 Å². The fourth-order valence-electron chi connectivity index (χ4n) is 7.32. The van der Waals surface area contributed by atoms with Crippen LogP contribution in [0.3, 0.4) is 0 Å². The molecule has 0 N–H and O–H groups in total. The molecule has 1 spiro atoms. The molecule has 0 unspecified atom stereocenters. The first-order chi connectivity index (χ1) is 18.1. The largest absolute Gasteiger partial charge is 0.0719 e. The first kappa shape index (κ1) is 22.3. The van der Waals surface area contributed by atoms with Crippen molar-refractivity contribution in [3.63, 3.8) is 0 Å². The van der Waals surface area contributed by atoms with E-state index in [0.29, 0.717) is 0 Å². The number of rotatable bonds is 3. The number of fused-ring (bicyclic) bond motifs is 9. The van der Waals surface area contributed by atoms with Crippen molar-refractivity contribution in [3.05, 3.63) is 164 Å². The Morgan fingerprint density at radius 1 is 0.595 bits per heavy atom. The molecule has 5 aromatic carbocycles. The van der Waals surface area contributed by atoms with Crippen LogP contribution in [-0.4, -0.2) is 0 Å². The lowest BCUT2D eigenvalue weighted by Gasteiger charge is -2.40. The minimum atomic E-state index is -0.278. The normalized spacial score (nSPS) is 14.1. The van der Waals surface area contributed by atoms with Gasteiger partial charge in [0.05, 0.1) is 5.41 Å². The van der Waals surface area contributed by atoms with Gasteiger partial charge >= 0.3 is 0 Å². The van der Waals surface area contributed by atoms with Crippen LogP contribution in [0, 0.1) is 13.8 Å². The van der Waals surface area contributed by atoms with Crippen molar-refractivity contribution in [2.45, 2.75) is 45.4 Å². The van der Waals surface area contributed by atoms with Crippen molar-refractivity contribution in [1.82, 2.24) is 0 Å². The first-order valence-corrected chi connectivity index (χ1v) is 13.6. The Labute approximate surface area is 220 Å². The molecule has 0 saturated carbocycles. The third-order valence-corrected chi connectivity index (χ3v) is 8.61. The molecule has 0 nitrogen and oxygen atoms in total. The zero-order chi connectivity index (χ0) is 25.1. The van der Waals surface area contributed by atoms with Crippen LogP contribution in [0.25, 0.3) is 11.1 Å². The van der Waals surface area contributed by atoms with E-state index in [9.17, 15) is 0 Å². The molecule has 0 bridgehead atoms. The summed E-state index contributed by atoms with van der Waals surface area (Å²) in [7, 11) is 0. The molecule has 0 fully saturated rings. The van der Waals surface area contributed by atoms with E-state index in [1.807, 2.05) is 0 Å². The highest BCUT2D eigenvalue weighted by Gasteiger charge is 2.50. The van der Waals surface area contributed by atoms with Crippen LogP contribution >= 0.6 is 0 Å². The maximum absolute atomic E-state index is 2.53. The van der Waals surface area contributed by atoms with Crippen molar-refractivity contribution >= 4 is 0 Å². The average molecular weight is 477 g/mol. The second-order valence-electron chi connectivity index (χ2n) is 11.0. The summed E-state index contributed by atoms with van der Waals surface area (Å²) in [5.41, 5.74) is 18.2. The van der Waals surface area contributed by atoms with Gasteiger partial charge in [0, 0.05) is 0 Å². The number of hydrogen-bond donors (Lipinski definition) is 0. The second kappa shape index (κ2) is 8.32. The molecule has 37 heavy (non-hydrogen) atoms. The number of hydrogen-bond acceptors (Lipinski definition) is 0. The summed E-state index contributed by atoms with van der Waals surface area (Å²) in [4.78, 5) is 0. The van der Waals surface area contributed by atoms with E-state index in [-0.39, 0.29) is 5.41 Å². The quantitative estimate of drug-likeness (QED) is 0.239. The van der Waals surface area contributed by atoms with Crippen LogP contribution in [0.1, 0.15) is 68.1 Å². The lowest BCUT2D eigenvalue weighted by atomic mass is 9.61. The Kier molecular flexibility index (Phi) is 5.01. The average Bonchev–Trinajstić information content (AvgIpc) is 3.19. The third kappa shape index (κ3) is 3.22. The monoisotopic (exact) mass is 476 g/mol. The fourth-order valence-corrected chi connectivity index (χ4v) is 7.32. The van der Waals surface area contributed by atoms with E-state index in [1.54, 1.807) is 0 Å². The third-order valence-electron chi connectivity index (χ3n) is 8.61. The molecule has 0 aliphatic heterocycles. The molecule has 7 rings (SSSR count). The van der Waals surface area contributed by atoms with Gasteiger partial charge in [0.25, 0.3) is 0 Å². The van der Waals surface area contributed by atoms with Crippen molar-refractivity contribution in [1.29, 1.82) is 0 Å². The molecule has 2 aliphatic carbocycles. The maximum atomic E-state index is 2.53. The van der Waals surface area contributed by atoms with Crippen molar-refractivity contribution < 1.29 is 0 Å². The van der Waals surface area contributed by atoms with Gasteiger partial charge in [-0.05, 0) is 94.3 Å². The van der Waals surface area contributed by atoms with Gasteiger partial charge in [0.1, 0.15) is 0 Å². The lowest BCUT2D eigenvalue weighted by molar-refractivity contribution is 0.720. The summed E-state index contributed by atoms with van der Waals surface area (Å²) in [5.74, 6) is 0. The minimum Gasteiger partial charge on any atom is -0.0620 e. The van der Waals surface area contributed by atoms with Crippen LogP contribution in [-0.2, 0) is 24.7 Å². The minimum absolute atomic E-state index is 0.278. The molecular weight excluding hydrogens is 444 g/mol. The predicted octanol–water partition coefficient (Wildman–Crippen LogP) is 8.72. The molecule has 0 heterocycles. The number of benzene rings is 5. The van der Waals surface area contributed by atoms with Crippen LogP contribution in [0.2, 0.25) is 0 Å². The Bertz CT molecular complexity index is 1620. The topological polar surface area (TPSA) is 0 Å². The van der Waals surface area contributed by atoms with E-state index in [2.05, 4.69) is 124 Å².